The Morgan fingerprint density at radius 3 is 2.59 bits per heavy atom. The van der Waals surface area contributed by atoms with Gasteiger partial charge in [-0.25, -0.2) is 0 Å². The minimum atomic E-state index is 0.713. The average molecular weight is 325 g/mol. The summed E-state index contributed by atoms with van der Waals surface area (Å²) in [6.07, 6.45) is 4.92. The molecule has 1 aromatic rings. The van der Waals surface area contributed by atoms with Crippen molar-refractivity contribution in [3.05, 3.63) is 34.3 Å². The van der Waals surface area contributed by atoms with Crippen molar-refractivity contribution in [3.63, 3.8) is 0 Å². The van der Waals surface area contributed by atoms with Gasteiger partial charge in [-0.05, 0) is 75.4 Å². The van der Waals surface area contributed by atoms with E-state index >= 15 is 0 Å². The van der Waals surface area contributed by atoms with Gasteiger partial charge in [-0.3, -0.25) is 0 Å². The summed E-state index contributed by atoms with van der Waals surface area (Å²) in [6, 6.07) is 7.12. The van der Waals surface area contributed by atoms with E-state index in [1.165, 1.54) is 30.4 Å². The molecule has 0 spiro atoms. The molecule has 0 unspecified atom stereocenters. The number of rotatable bonds is 6. The maximum Gasteiger partial charge on any atom is 0.0435 e. The molecule has 0 saturated carbocycles. The van der Waals surface area contributed by atoms with Crippen molar-refractivity contribution in [1.82, 2.24) is 10.6 Å². The summed E-state index contributed by atoms with van der Waals surface area (Å²) in [4.78, 5) is 0. The molecule has 1 aliphatic rings. The monoisotopic (exact) mass is 324 g/mol. The molecule has 0 amide bonds. The van der Waals surface area contributed by atoms with Gasteiger partial charge < -0.3 is 10.6 Å². The van der Waals surface area contributed by atoms with Gasteiger partial charge >= 0.3 is 0 Å². The van der Waals surface area contributed by atoms with Crippen LogP contribution in [0.15, 0.2) is 18.2 Å². The lowest BCUT2D eigenvalue weighted by Crippen LogP contribution is -2.40. The first kappa shape index (κ1) is 19.5. The predicted molar refractivity (Wildman–Crippen MR) is 98.9 cm³/mol. The van der Waals surface area contributed by atoms with Gasteiger partial charge in [0, 0.05) is 11.1 Å². The summed E-state index contributed by atoms with van der Waals surface area (Å²) in [5.74, 6) is 0.713. The molecule has 1 aromatic carbocycles. The lowest BCUT2D eigenvalue weighted by atomic mass is 9.96. The summed E-state index contributed by atoms with van der Waals surface area (Å²) in [7, 11) is 0. The summed E-state index contributed by atoms with van der Waals surface area (Å²) in [6.45, 7) is 11.9. The van der Waals surface area contributed by atoms with Crippen molar-refractivity contribution >= 4 is 11.6 Å². The first-order valence-electron chi connectivity index (χ1n) is 8.84. The van der Waals surface area contributed by atoms with Crippen LogP contribution in [0.2, 0.25) is 5.02 Å². The van der Waals surface area contributed by atoms with Gasteiger partial charge in [0.25, 0.3) is 0 Å². The van der Waals surface area contributed by atoms with E-state index in [0.29, 0.717) is 5.92 Å². The second-order valence-corrected chi connectivity index (χ2v) is 6.57. The molecule has 1 atom stereocenters. The number of benzene rings is 1. The Morgan fingerprint density at radius 1 is 1.27 bits per heavy atom. The molecule has 0 aromatic heterocycles. The van der Waals surface area contributed by atoms with E-state index in [-0.39, 0.29) is 0 Å². The Kier molecular flexibility index (Phi) is 9.77. The van der Waals surface area contributed by atoms with Crippen molar-refractivity contribution in [1.29, 1.82) is 0 Å². The highest BCUT2D eigenvalue weighted by atomic mass is 35.5. The summed E-state index contributed by atoms with van der Waals surface area (Å²) >= 11 is 6.07. The first-order valence-corrected chi connectivity index (χ1v) is 9.22. The molecule has 2 N–H and O–H groups in total. The molecule has 2 rings (SSSR count). The third-order valence-electron chi connectivity index (χ3n) is 4.22. The highest BCUT2D eigenvalue weighted by molar-refractivity contribution is 6.31. The van der Waals surface area contributed by atoms with Gasteiger partial charge in [0.1, 0.15) is 0 Å². The second kappa shape index (κ2) is 11.0. The molecule has 0 bridgehead atoms. The van der Waals surface area contributed by atoms with Crippen LogP contribution >= 0.6 is 11.6 Å². The van der Waals surface area contributed by atoms with Crippen LogP contribution in [0.5, 0.6) is 0 Å². The van der Waals surface area contributed by atoms with Crippen LogP contribution < -0.4 is 10.6 Å². The van der Waals surface area contributed by atoms with Crippen LogP contribution in [0.1, 0.15) is 51.2 Å². The molecular weight excluding hydrogens is 292 g/mol. The fourth-order valence-electron chi connectivity index (χ4n) is 2.90. The fraction of sp³-hybridized carbons (Fsp3) is 0.684. The lowest BCUT2D eigenvalue weighted by Gasteiger charge is -2.24. The van der Waals surface area contributed by atoms with Crippen LogP contribution in [0.3, 0.4) is 0 Å². The standard InChI is InChI=1S/C17H27ClN2.C2H6/c1-13(5-10-20-16-6-8-19-9-7-16)11-15-3-4-17(18)14(2)12-15;1-2/h3-4,12-13,16,19-20H,5-11H2,1-2H3;1-2H3/t13-;/m1./s1. The number of aryl methyl sites for hydroxylation is 1. The van der Waals surface area contributed by atoms with Crippen molar-refractivity contribution in [3.8, 4) is 0 Å². The summed E-state index contributed by atoms with van der Waals surface area (Å²) < 4.78 is 0. The van der Waals surface area contributed by atoms with E-state index in [1.54, 1.807) is 0 Å². The van der Waals surface area contributed by atoms with E-state index in [4.69, 9.17) is 11.6 Å². The second-order valence-electron chi connectivity index (χ2n) is 6.16. The van der Waals surface area contributed by atoms with Gasteiger partial charge in [0.15, 0.2) is 0 Å². The third kappa shape index (κ3) is 7.13. The number of hydrogen-bond acceptors (Lipinski definition) is 2. The summed E-state index contributed by atoms with van der Waals surface area (Å²) in [5, 5.41) is 7.97. The molecule has 1 heterocycles. The minimum Gasteiger partial charge on any atom is -0.317 e. The van der Waals surface area contributed by atoms with E-state index in [1.807, 2.05) is 19.9 Å². The molecule has 0 aliphatic carbocycles. The van der Waals surface area contributed by atoms with Crippen molar-refractivity contribution in [2.45, 2.75) is 59.4 Å². The molecule has 1 saturated heterocycles. The SMILES string of the molecule is CC.Cc1cc(C[C@H](C)CCNC2CCNCC2)ccc1Cl. The fourth-order valence-corrected chi connectivity index (χ4v) is 3.02. The zero-order valence-corrected chi connectivity index (χ0v) is 15.5. The highest BCUT2D eigenvalue weighted by Gasteiger charge is 2.12. The molecule has 126 valence electrons. The predicted octanol–water partition coefficient (Wildman–Crippen LogP) is 4.58. The van der Waals surface area contributed by atoms with Crippen molar-refractivity contribution in [2.24, 2.45) is 5.92 Å². The molecule has 0 radical (unpaired) electrons. The molecular formula is C19H33ClN2. The van der Waals surface area contributed by atoms with Crippen LogP contribution in [0.25, 0.3) is 0 Å². The quantitative estimate of drug-likeness (QED) is 0.800. The maximum absolute atomic E-state index is 6.07. The zero-order chi connectivity index (χ0) is 16.4. The lowest BCUT2D eigenvalue weighted by molar-refractivity contribution is 0.372. The van der Waals surface area contributed by atoms with Crippen LogP contribution in [0.4, 0.5) is 0 Å². The number of halogens is 1. The smallest absolute Gasteiger partial charge is 0.0435 e. The van der Waals surface area contributed by atoms with Crippen LogP contribution in [0, 0.1) is 12.8 Å². The van der Waals surface area contributed by atoms with Gasteiger partial charge in [0.05, 0.1) is 0 Å². The third-order valence-corrected chi connectivity index (χ3v) is 4.64. The summed E-state index contributed by atoms with van der Waals surface area (Å²) in [5.41, 5.74) is 2.59. The number of hydrogen-bond donors (Lipinski definition) is 2. The Balaban J connectivity index is 0.00000116. The van der Waals surface area contributed by atoms with Crippen molar-refractivity contribution < 1.29 is 0 Å². The molecule has 22 heavy (non-hydrogen) atoms. The maximum atomic E-state index is 6.07. The van der Waals surface area contributed by atoms with E-state index in [9.17, 15) is 0 Å². The van der Waals surface area contributed by atoms with E-state index in [0.717, 1.165) is 37.1 Å². The molecule has 2 nitrogen and oxygen atoms in total. The van der Waals surface area contributed by atoms with Crippen molar-refractivity contribution in [2.75, 3.05) is 19.6 Å². The Hall–Kier alpha value is -0.570. The Labute approximate surface area is 142 Å². The normalized spacial score (nSPS) is 16.8. The zero-order valence-electron chi connectivity index (χ0n) is 14.7. The van der Waals surface area contributed by atoms with Gasteiger partial charge in [-0.15, -0.1) is 0 Å². The number of piperidine rings is 1. The van der Waals surface area contributed by atoms with Gasteiger partial charge in [-0.2, -0.15) is 0 Å². The average Bonchev–Trinajstić information content (AvgIpc) is 2.54. The minimum absolute atomic E-state index is 0.713. The van der Waals surface area contributed by atoms with Crippen LogP contribution in [-0.4, -0.2) is 25.7 Å². The Bertz CT molecular complexity index is 414. The van der Waals surface area contributed by atoms with Gasteiger partial charge in [0.2, 0.25) is 0 Å². The topological polar surface area (TPSA) is 24.1 Å². The highest BCUT2D eigenvalue weighted by Crippen LogP contribution is 2.19. The van der Waals surface area contributed by atoms with Gasteiger partial charge in [-0.1, -0.05) is 44.5 Å². The molecule has 3 heteroatoms. The van der Waals surface area contributed by atoms with E-state index in [2.05, 4.69) is 36.6 Å². The molecule has 1 aliphatic heterocycles. The molecule has 1 fully saturated rings. The van der Waals surface area contributed by atoms with E-state index < -0.39 is 0 Å². The number of nitrogens with one attached hydrogen (secondary N) is 2. The first-order chi connectivity index (χ1) is 10.6. The van der Waals surface area contributed by atoms with Crippen LogP contribution in [-0.2, 0) is 6.42 Å². The largest absolute Gasteiger partial charge is 0.317 e. The Morgan fingerprint density at radius 2 is 1.95 bits per heavy atom.